The summed E-state index contributed by atoms with van der Waals surface area (Å²) in [7, 11) is 0. The van der Waals surface area contributed by atoms with Crippen LogP contribution >= 0.6 is 0 Å². The lowest BCUT2D eigenvalue weighted by Crippen LogP contribution is -2.41. The summed E-state index contributed by atoms with van der Waals surface area (Å²) in [5, 5.41) is 13.5. The fraction of sp³-hybridized carbons (Fsp3) is 0.500. The highest BCUT2D eigenvalue weighted by Gasteiger charge is 2.45. The van der Waals surface area contributed by atoms with Gasteiger partial charge in [0.1, 0.15) is 11.9 Å². The van der Waals surface area contributed by atoms with Crippen molar-refractivity contribution in [2.24, 2.45) is 5.92 Å². The largest absolute Gasteiger partial charge is 0.480 e. The van der Waals surface area contributed by atoms with Crippen molar-refractivity contribution in [1.29, 1.82) is 0 Å². The van der Waals surface area contributed by atoms with Crippen molar-refractivity contribution in [3.8, 4) is 11.4 Å². The highest BCUT2D eigenvalue weighted by Crippen LogP contribution is 2.40. The fourth-order valence-corrected chi connectivity index (χ4v) is 4.21. The molecule has 3 atom stereocenters. The zero-order chi connectivity index (χ0) is 17.4. The first-order valence-corrected chi connectivity index (χ1v) is 8.69. The Labute approximate surface area is 144 Å². The van der Waals surface area contributed by atoms with Crippen molar-refractivity contribution >= 4 is 5.97 Å². The Kier molecular flexibility index (Phi) is 4.25. The maximum Gasteiger partial charge on any atom is 0.320 e. The number of nitrogens with zero attached hydrogens (tertiary/aromatic N) is 3. The summed E-state index contributed by atoms with van der Waals surface area (Å²) in [4.78, 5) is 18.0. The summed E-state index contributed by atoms with van der Waals surface area (Å²) in [5.41, 5.74) is 0.670. The molecule has 0 amide bonds. The van der Waals surface area contributed by atoms with E-state index < -0.39 is 12.0 Å². The van der Waals surface area contributed by atoms with Crippen LogP contribution < -0.4 is 0 Å². The maximum atomic E-state index is 13.0. The van der Waals surface area contributed by atoms with Crippen LogP contribution in [0.5, 0.6) is 0 Å². The summed E-state index contributed by atoms with van der Waals surface area (Å²) in [6.07, 6.45) is 5.12. The molecule has 1 aromatic carbocycles. The maximum absolute atomic E-state index is 13.0. The quantitative estimate of drug-likeness (QED) is 0.917. The third kappa shape index (κ3) is 3.16. The average Bonchev–Trinajstić information content (AvgIpc) is 3.21. The van der Waals surface area contributed by atoms with Gasteiger partial charge in [0.25, 0.3) is 0 Å². The van der Waals surface area contributed by atoms with Crippen LogP contribution in [0.25, 0.3) is 11.4 Å². The van der Waals surface area contributed by atoms with Gasteiger partial charge in [-0.15, -0.1) is 0 Å². The zero-order valence-corrected chi connectivity index (χ0v) is 13.8. The molecule has 0 unspecified atom stereocenters. The molecule has 6 nitrogen and oxygen atoms in total. The van der Waals surface area contributed by atoms with Crippen LogP contribution in [-0.2, 0) is 11.3 Å². The molecule has 25 heavy (non-hydrogen) atoms. The van der Waals surface area contributed by atoms with E-state index in [0.717, 1.165) is 19.3 Å². The third-order valence-electron chi connectivity index (χ3n) is 5.39. The standard InChI is InChI=1S/C18H20FN3O3/c19-13-7-5-11(6-8-13)17-20-16(25-21-17)10-22-14-4-2-1-3-12(14)9-15(22)18(23)24/h5-8,12,14-15H,1-4,9-10H2,(H,23,24)/t12-,14-,15-/m0/s1. The number of aliphatic carboxylic acids is 1. The number of rotatable bonds is 4. The Balaban J connectivity index is 1.54. The van der Waals surface area contributed by atoms with Gasteiger partial charge in [-0.2, -0.15) is 4.98 Å². The van der Waals surface area contributed by atoms with E-state index >= 15 is 0 Å². The third-order valence-corrected chi connectivity index (χ3v) is 5.39. The van der Waals surface area contributed by atoms with E-state index in [4.69, 9.17) is 4.52 Å². The van der Waals surface area contributed by atoms with Gasteiger partial charge in [0.2, 0.25) is 11.7 Å². The summed E-state index contributed by atoms with van der Waals surface area (Å²) in [6, 6.07) is 5.66. The molecule has 7 heteroatoms. The van der Waals surface area contributed by atoms with E-state index in [1.165, 1.54) is 18.6 Å². The van der Waals surface area contributed by atoms with E-state index in [-0.39, 0.29) is 11.9 Å². The van der Waals surface area contributed by atoms with Gasteiger partial charge in [-0.25, -0.2) is 4.39 Å². The molecule has 2 aromatic rings. The number of halogens is 1. The molecule has 0 radical (unpaired) electrons. The van der Waals surface area contributed by atoms with Gasteiger partial charge in [-0.1, -0.05) is 18.0 Å². The minimum Gasteiger partial charge on any atom is -0.480 e. The Morgan fingerprint density at radius 2 is 2.04 bits per heavy atom. The second kappa shape index (κ2) is 6.55. The second-order valence-electron chi connectivity index (χ2n) is 6.89. The number of likely N-dealkylation sites (tertiary alicyclic amines) is 1. The van der Waals surface area contributed by atoms with Crippen LogP contribution in [-0.4, -0.2) is 38.2 Å². The molecule has 1 aliphatic heterocycles. The number of carboxylic acid groups (broad SMARTS) is 1. The van der Waals surface area contributed by atoms with Gasteiger partial charge < -0.3 is 9.63 Å². The minimum absolute atomic E-state index is 0.274. The normalized spacial score (nSPS) is 26.5. The molecule has 1 saturated heterocycles. The molecule has 0 bridgehead atoms. The predicted octanol–water partition coefficient (Wildman–Crippen LogP) is 3.09. The summed E-state index contributed by atoms with van der Waals surface area (Å²) < 4.78 is 18.4. The molecule has 2 heterocycles. The van der Waals surface area contributed by atoms with Gasteiger partial charge in [-0.05, 0) is 49.4 Å². The molecule has 2 fully saturated rings. The molecule has 1 saturated carbocycles. The van der Waals surface area contributed by atoms with Crippen LogP contribution in [0.3, 0.4) is 0 Å². The predicted molar refractivity (Wildman–Crippen MR) is 87.0 cm³/mol. The van der Waals surface area contributed by atoms with Crippen LogP contribution in [0.15, 0.2) is 28.8 Å². The number of carboxylic acids is 1. The van der Waals surface area contributed by atoms with Crippen molar-refractivity contribution in [3.05, 3.63) is 36.0 Å². The SMILES string of the molecule is O=C(O)[C@@H]1C[C@@H]2CCCC[C@@H]2N1Cc1nc(-c2ccc(F)cc2)no1. The molecule has 4 rings (SSSR count). The van der Waals surface area contributed by atoms with E-state index in [2.05, 4.69) is 10.1 Å². The van der Waals surface area contributed by atoms with Gasteiger partial charge in [-0.3, -0.25) is 9.69 Å². The Bertz CT molecular complexity index is 761. The summed E-state index contributed by atoms with van der Waals surface area (Å²) in [5.74, 6) is 0.122. The Morgan fingerprint density at radius 3 is 2.80 bits per heavy atom. The van der Waals surface area contributed by atoms with Crippen LogP contribution in [0, 0.1) is 11.7 Å². The van der Waals surface area contributed by atoms with Crippen LogP contribution in [0.2, 0.25) is 0 Å². The Morgan fingerprint density at radius 1 is 1.28 bits per heavy atom. The van der Waals surface area contributed by atoms with Crippen molar-refractivity contribution in [2.45, 2.75) is 50.7 Å². The fourth-order valence-electron chi connectivity index (χ4n) is 4.21. The smallest absolute Gasteiger partial charge is 0.320 e. The molecular weight excluding hydrogens is 325 g/mol. The van der Waals surface area contributed by atoms with Gasteiger partial charge in [0.15, 0.2) is 0 Å². The zero-order valence-electron chi connectivity index (χ0n) is 13.8. The lowest BCUT2D eigenvalue weighted by Gasteiger charge is -2.31. The number of benzene rings is 1. The number of fused-ring (bicyclic) bond motifs is 1. The van der Waals surface area contributed by atoms with Crippen molar-refractivity contribution in [2.75, 3.05) is 0 Å². The molecule has 132 valence electrons. The number of hydrogen-bond donors (Lipinski definition) is 1. The van der Waals surface area contributed by atoms with E-state index in [0.29, 0.717) is 36.2 Å². The van der Waals surface area contributed by atoms with E-state index in [1.54, 1.807) is 12.1 Å². The van der Waals surface area contributed by atoms with E-state index in [9.17, 15) is 14.3 Å². The number of hydrogen-bond acceptors (Lipinski definition) is 5. The number of carbonyl (C=O) groups is 1. The number of aromatic nitrogens is 2. The topological polar surface area (TPSA) is 79.5 Å². The van der Waals surface area contributed by atoms with Crippen LogP contribution in [0.1, 0.15) is 38.0 Å². The molecular formula is C18H20FN3O3. The first-order valence-electron chi connectivity index (χ1n) is 8.69. The van der Waals surface area contributed by atoms with Crippen molar-refractivity contribution < 1.29 is 18.8 Å². The minimum atomic E-state index is -0.785. The van der Waals surface area contributed by atoms with Gasteiger partial charge in [0.05, 0.1) is 6.54 Å². The molecule has 1 N–H and O–H groups in total. The average molecular weight is 345 g/mol. The second-order valence-corrected chi connectivity index (χ2v) is 6.89. The summed E-state index contributed by atoms with van der Waals surface area (Å²) in [6.45, 7) is 0.340. The summed E-state index contributed by atoms with van der Waals surface area (Å²) >= 11 is 0. The van der Waals surface area contributed by atoms with Crippen LogP contribution in [0.4, 0.5) is 4.39 Å². The van der Waals surface area contributed by atoms with Gasteiger partial charge >= 0.3 is 5.97 Å². The lowest BCUT2D eigenvalue weighted by atomic mass is 9.85. The highest BCUT2D eigenvalue weighted by molar-refractivity contribution is 5.74. The van der Waals surface area contributed by atoms with Crippen molar-refractivity contribution in [3.63, 3.8) is 0 Å². The highest BCUT2D eigenvalue weighted by atomic mass is 19.1. The lowest BCUT2D eigenvalue weighted by molar-refractivity contribution is -0.143. The molecule has 0 spiro atoms. The van der Waals surface area contributed by atoms with Crippen molar-refractivity contribution in [1.82, 2.24) is 15.0 Å². The molecule has 1 aliphatic carbocycles. The van der Waals surface area contributed by atoms with E-state index in [1.807, 2.05) is 4.90 Å². The molecule has 2 aliphatic rings. The monoisotopic (exact) mass is 345 g/mol. The first kappa shape index (κ1) is 16.2. The Hall–Kier alpha value is -2.28. The molecule has 1 aromatic heterocycles. The first-order chi connectivity index (χ1) is 12.1. The van der Waals surface area contributed by atoms with Gasteiger partial charge in [0, 0.05) is 11.6 Å².